The fraction of sp³-hybridized carbons (Fsp3) is 0.400. The van der Waals surface area contributed by atoms with Gasteiger partial charge < -0.3 is 5.21 Å². The quantitative estimate of drug-likeness (QED) is 0.230. The van der Waals surface area contributed by atoms with Crippen molar-refractivity contribution in [2.75, 3.05) is 0 Å². The summed E-state index contributed by atoms with van der Waals surface area (Å²) in [4.78, 5) is 0. The van der Waals surface area contributed by atoms with Crippen molar-refractivity contribution >= 4 is 6.21 Å². The summed E-state index contributed by atoms with van der Waals surface area (Å²) in [6, 6.07) is 9.77. The number of unbranched alkanes of at least 4 members (excludes halogenated alkanes) is 3. The van der Waals surface area contributed by atoms with Gasteiger partial charge in [-0.05, 0) is 18.9 Å². The molecule has 92 valence electrons. The van der Waals surface area contributed by atoms with E-state index in [0.717, 1.165) is 16.7 Å². The van der Waals surface area contributed by atoms with Gasteiger partial charge in [-0.15, -0.1) is 0 Å². The van der Waals surface area contributed by atoms with Crippen molar-refractivity contribution in [2.24, 2.45) is 0 Å². The first-order chi connectivity index (χ1) is 8.33. The Morgan fingerprint density at radius 1 is 1.18 bits per heavy atom. The van der Waals surface area contributed by atoms with E-state index in [9.17, 15) is 5.21 Å². The monoisotopic (exact) mass is 231 g/mol. The minimum atomic E-state index is 0.417. The normalized spacial score (nSPS) is 12.2. The topological polar surface area (TPSA) is 26.1 Å². The molecule has 1 rings (SSSR count). The van der Waals surface area contributed by atoms with Crippen molar-refractivity contribution in [1.82, 2.24) is 0 Å². The van der Waals surface area contributed by atoms with Gasteiger partial charge in [-0.25, -0.2) is 4.74 Å². The lowest BCUT2D eigenvalue weighted by Crippen LogP contribution is -2.03. The van der Waals surface area contributed by atoms with Gasteiger partial charge >= 0.3 is 0 Å². The molecule has 0 radical (unpaired) electrons. The lowest BCUT2D eigenvalue weighted by molar-refractivity contribution is -0.469. The number of rotatable bonds is 7. The number of benzene rings is 1. The molecule has 0 amide bonds. The van der Waals surface area contributed by atoms with Crippen LogP contribution in [0.1, 0.15) is 38.2 Å². The van der Waals surface area contributed by atoms with E-state index in [1.807, 2.05) is 36.4 Å². The molecule has 0 N–H and O–H groups in total. The van der Waals surface area contributed by atoms with Gasteiger partial charge in [-0.1, -0.05) is 56.2 Å². The molecule has 0 fully saturated rings. The number of nitrogens with zero attached hydrogens (tertiary/aromatic N) is 1. The van der Waals surface area contributed by atoms with E-state index in [1.54, 1.807) is 6.21 Å². The first-order valence-corrected chi connectivity index (χ1v) is 6.30. The van der Waals surface area contributed by atoms with Gasteiger partial charge in [0.25, 0.3) is 0 Å². The second kappa shape index (κ2) is 8.57. The first-order valence-electron chi connectivity index (χ1n) is 6.30. The van der Waals surface area contributed by atoms with Gasteiger partial charge in [0.15, 0.2) is 12.8 Å². The molecular weight excluding hydrogens is 210 g/mol. The summed E-state index contributed by atoms with van der Waals surface area (Å²) >= 11 is 0. The van der Waals surface area contributed by atoms with Crippen LogP contribution in [0.3, 0.4) is 0 Å². The molecule has 0 spiro atoms. The minimum Gasteiger partial charge on any atom is -0.624 e. The summed E-state index contributed by atoms with van der Waals surface area (Å²) in [5.74, 6) is 0. The Kier molecular flexibility index (Phi) is 6.80. The van der Waals surface area contributed by atoms with Crippen LogP contribution in [-0.2, 0) is 6.54 Å². The van der Waals surface area contributed by atoms with Crippen LogP contribution in [0.5, 0.6) is 0 Å². The Hall–Kier alpha value is -1.57. The highest BCUT2D eigenvalue weighted by Crippen LogP contribution is 2.00. The van der Waals surface area contributed by atoms with E-state index in [2.05, 4.69) is 13.0 Å². The van der Waals surface area contributed by atoms with Gasteiger partial charge in [0.2, 0.25) is 0 Å². The third kappa shape index (κ3) is 6.56. The summed E-state index contributed by atoms with van der Waals surface area (Å²) in [5, 5.41) is 11.5. The van der Waals surface area contributed by atoms with Gasteiger partial charge in [0.05, 0.1) is 0 Å². The van der Waals surface area contributed by atoms with Crippen LogP contribution in [0.25, 0.3) is 0 Å². The largest absolute Gasteiger partial charge is 0.624 e. The SMILES string of the molecule is CCCCC/C=C/C=[N+](\[O-])Cc1ccccc1. The van der Waals surface area contributed by atoms with Gasteiger partial charge in [0.1, 0.15) is 0 Å². The van der Waals surface area contributed by atoms with Gasteiger partial charge in [0, 0.05) is 5.56 Å². The molecule has 0 saturated carbocycles. The van der Waals surface area contributed by atoms with E-state index >= 15 is 0 Å². The van der Waals surface area contributed by atoms with Crippen LogP contribution in [0.4, 0.5) is 0 Å². The second-order valence-corrected chi connectivity index (χ2v) is 4.13. The maximum atomic E-state index is 11.5. The highest BCUT2D eigenvalue weighted by Gasteiger charge is 1.94. The third-order valence-corrected chi connectivity index (χ3v) is 2.54. The zero-order chi connectivity index (χ0) is 12.3. The highest BCUT2D eigenvalue weighted by atomic mass is 16.5. The summed E-state index contributed by atoms with van der Waals surface area (Å²) in [5.41, 5.74) is 1.04. The smallest absolute Gasteiger partial charge is 0.178 e. The fourth-order valence-electron chi connectivity index (χ4n) is 1.58. The molecule has 0 bridgehead atoms. The predicted molar refractivity (Wildman–Crippen MR) is 73.1 cm³/mol. The van der Waals surface area contributed by atoms with E-state index < -0.39 is 0 Å². The predicted octanol–water partition coefficient (Wildman–Crippen LogP) is 3.90. The average molecular weight is 231 g/mol. The standard InChI is InChI=1S/C15H21NO/c1-2-3-4-5-6-10-13-16(17)14-15-11-8-7-9-12-15/h6-13H,2-5,14H2,1H3/b10-6+,16-13-. The van der Waals surface area contributed by atoms with Crippen molar-refractivity contribution in [2.45, 2.75) is 39.2 Å². The Morgan fingerprint density at radius 3 is 2.65 bits per heavy atom. The lowest BCUT2D eigenvalue weighted by atomic mass is 10.2. The lowest BCUT2D eigenvalue weighted by Gasteiger charge is -2.02. The summed E-state index contributed by atoms with van der Waals surface area (Å²) in [6.07, 6.45) is 10.3. The van der Waals surface area contributed by atoms with Crippen LogP contribution in [0.15, 0.2) is 42.5 Å². The molecular formula is C15H21NO. The molecule has 2 heteroatoms. The summed E-state index contributed by atoms with van der Waals surface area (Å²) in [6.45, 7) is 2.61. The van der Waals surface area contributed by atoms with Crippen LogP contribution < -0.4 is 0 Å². The Balaban J connectivity index is 2.30. The molecule has 0 aromatic heterocycles. The van der Waals surface area contributed by atoms with E-state index in [0.29, 0.717) is 6.54 Å². The number of allylic oxidation sites excluding steroid dienone is 2. The Morgan fingerprint density at radius 2 is 1.94 bits per heavy atom. The van der Waals surface area contributed by atoms with Gasteiger partial charge in [-0.3, -0.25) is 0 Å². The third-order valence-electron chi connectivity index (χ3n) is 2.54. The average Bonchev–Trinajstić information content (AvgIpc) is 2.35. The van der Waals surface area contributed by atoms with Crippen molar-refractivity contribution in [3.8, 4) is 0 Å². The second-order valence-electron chi connectivity index (χ2n) is 4.13. The number of hydrogen-bond donors (Lipinski definition) is 0. The van der Waals surface area contributed by atoms with Crippen LogP contribution >= 0.6 is 0 Å². The zero-order valence-corrected chi connectivity index (χ0v) is 10.5. The molecule has 1 aromatic rings. The highest BCUT2D eigenvalue weighted by molar-refractivity contribution is 5.66. The fourth-order valence-corrected chi connectivity index (χ4v) is 1.58. The summed E-state index contributed by atoms with van der Waals surface area (Å²) in [7, 11) is 0. The summed E-state index contributed by atoms with van der Waals surface area (Å²) < 4.78 is 0.964. The minimum absolute atomic E-state index is 0.417. The van der Waals surface area contributed by atoms with Crippen molar-refractivity contribution in [3.63, 3.8) is 0 Å². The molecule has 0 aliphatic heterocycles. The molecule has 2 nitrogen and oxygen atoms in total. The van der Waals surface area contributed by atoms with Crippen LogP contribution in [-0.4, -0.2) is 11.0 Å². The van der Waals surface area contributed by atoms with Crippen LogP contribution in [0, 0.1) is 5.21 Å². The van der Waals surface area contributed by atoms with Crippen molar-refractivity contribution in [3.05, 3.63) is 53.3 Å². The molecule has 0 saturated heterocycles. The number of hydrogen-bond acceptors (Lipinski definition) is 1. The molecule has 17 heavy (non-hydrogen) atoms. The zero-order valence-electron chi connectivity index (χ0n) is 10.5. The maximum Gasteiger partial charge on any atom is 0.178 e. The number of hydroxylamine groups is 1. The Bertz CT molecular complexity index is 354. The van der Waals surface area contributed by atoms with Crippen molar-refractivity contribution < 1.29 is 4.74 Å². The van der Waals surface area contributed by atoms with E-state index in [4.69, 9.17) is 0 Å². The van der Waals surface area contributed by atoms with Crippen molar-refractivity contribution in [1.29, 1.82) is 0 Å². The molecule has 0 heterocycles. The van der Waals surface area contributed by atoms with E-state index in [-0.39, 0.29) is 0 Å². The molecule has 0 atom stereocenters. The van der Waals surface area contributed by atoms with Crippen LogP contribution in [0.2, 0.25) is 0 Å². The van der Waals surface area contributed by atoms with E-state index in [1.165, 1.54) is 19.3 Å². The molecule has 1 aromatic carbocycles. The maximum absolute atomic E-state index is 11.5. The molecule has 0 aliphatic rings. The Labute approximate surface area is 104 Å². The molecule has 0 unspecified atom stereocenters. The van der Waals surface area contributed by atoms with Gasteiger partial charge in [-0.2, -0.15) is 0 Å². The first kappa shape index (κ1) is 13.5. The molecule has 0 aliphatic carbocycles.